The SMILES string of the molecule is CC1(C(F)(F)F)OC=C(F)O1.FCC(F)(F)OC(F)(F)C(F)(F)OC(F)(F)CF.FCOC(F)=C(F)F.O=S(=O)(F)F.O=S(=O)(F)F. The third kappa shape index (κ3) is 27.9. The van der Waals surface area contributed by atoms with Crippen LogP contribution in [-0.2, 0) is 44.9 Å². The quantitative estimate of drug-likeness (QED) is 0.131. The Morgan fingerprint density at radius 3 is 1.15 bits per heavy atom. The maximum atomic E-state index is 12.4. The average molecular weight is 804 g/mol. The fraction of sp³-hybridized carbons (Fsp3) is 0.714. The molecule has 0 bridgehead atoms. The molecular weight excluding hydrogens is 794 g/mol. The molecule has 286 valence electrons. The van der Waals surface area contributed by atoms with Gasteiger partial charge in [-0.05, 0) is 0 Å². The van der Waals surface area contributed by atoms with Crippen molar-refractivity contribution in [2.24, 2.45) is 0 Å². The molecule has 0 spiro atoms. The Balaban J connectivity index is -0.000000271. The lowest BCUT2D eigenvalue weighted by molar-refractivity contribution is -0.513. The average Bonchev–Trinajstić information content (AvgIpc) is 3.16. The lowest BCUT2D eigenvalue weighted by Crippen LogP contribution is -2.52. The summed E-state index contributed by atoms with van der Waals surface area (Å²) in [5.74, 6) is -2.86. The first-order valence-corrected chi connectivity index (χ1v) is 11.9. The standard InChI is InChI=1S/C6H4F10O2.C5H4F4O2.C3H2F4O.2F2O2S/c7-1-3(9,10)17-5(13,14)6(15,16)18-4(11,12)2-8;1-4(5(7,8)9)10-2-3(6)11-4;4-1-8-3(7)2(5)6;2*1-5(2,3)4/h1-2H2;2H,1H3;1H2;;. The van der Waals surface area contributed by atoms with E-state index in [4.69, 9.17) is 16.8 Å². The maximum Gasteiger partial charge on any atom is 0.476 e. The zero-order valence-corrected chi connectivity index (χ0v) is 22.6. The van der Waals surface area contributed by atoms with Crippen LogP contribution < -0.4 is 0 Å². The fourth-order valence-corrected chi connectivity index (χ4v) is 1.17. The first kappa shape index (κ1) is 51.0. The van der Waals surface area contributed by atoms with E-state index in [-0.39, 0.29) is 6.26 Å². The van der Waals surface area contributed by atoms with Crippen molar-refractivity contribution in [3.63, 3.8) is 0 Å². The molecule has 1 heterocycles. The van der Waals surface area contributed by atoms with Crippen LogP contribution in [0.4, 0.5) is 94.6 Å². The van der Waals surface area contributed by atoms with Crippen LogP contribution in [0.25, 0.3) is 0 Å². The molecular formula is C14H10F22O9S2. The molecule has 47 heavy (non-hydrogen) atoms. The van der Waals surface area contributed by atoms with Gasteiger partial charge in [0.2, 0.25) is 6.86 Å². The highest BCUT2D eigenvalue weighted by molar-refractivity contribution is 7.81. The van der Waals surface area contributed by atoms with E-state index in [0.29, 0.717) is 6.92 Å². The van der Waals surface area contributed by atoms with Gasteiger partial charge in [0.05, 0.1) is 0 Å². The Hall–Kier alpha value is -2.84. The van der Waals surface area contributed by atoms with E-state index in [1.165, 1.54) is 0 Å². The molecule has 33 heteroatoms. The highest BCUT2D eigenvalue weighted by Crippen LogP contribution is 2.43. The van der Waals surface area contributed by atoms with Crippen LogP contribution in [0.15, 0.2) is 24.4 Å². The Morgan fingerprint density at radius 1 is 0.723 bits per heavy atom. The predicted octanol–water partition coefficient (Wildman–Crippen LogP) is 7.72. The molecule has 9 nitrogen and oxygen atoms in total. The number of hydrogen-bond donors (Lipinski definition) is 0. The van der Waals surface area contributed by atoms with Gasteiger partial charge in [0.1, 0.15) is 0 Å². The Morgan fingerprint density at radius 2 is 1.02 bits per heavy atom. The molecule has 0 aromatic carbocycles. The van der Waals surface area contributed by atoms with Gasteiger partial charge in [0.15, 0.2) is 19.6 Å². The van der Waals surface area contributed by atoms with Crippen molar-refractivity contribution in [2.75, 3.05) is 20.2 Å². The van der Waals surface area contributed by atoms with E-state index >= 15 is 0 Å². The van der Waals surface area contributed by atoms with Crippen molar-refractivity contribution < 1.29 is 135 Å². The van der Waals surface area contributed by atoms with Crippen molar-refractivity contribution in [1.29, 1.82) is 0 Å². The molecule has 0 saturated heterocycles. The van der Waals surface area contributed by atoms with Crippen LogP contribution in [-0.4, -0.2) is 73.4 Å². The summed E-state index contributed by atoms with van der Waals surface area (Å²) in [6, 6.07) is -3.53. The van der Waals surface area contributed by atoms with Gasteiger partial charge in [-0.25, -0.2) is 22.6 Å². The molecule has 0 aromatic heterocycles. The van der Waals surface area contributed by atoms with Gasteiger partial charge in [0, 0.05) is 6.92 Å². The molecule has 1 unspecified atom stereocenters. The first-order chi connectivity index (χ1) is 20.3. The van der Waals surface area contributed by atoms with E-state index < -0.39 is 95.9 Å². The van der Waals surface area contributed by atoms with E-state index in [2.05, 4.69) is 23.7 Å². The minimum atomic E-state index is -6.30. The van der Waals surface area contributed by atoms with Gasteiger partial charge < -0.3 is 14.2 Å². The molecule has 0 amide bonds. The van der Waals surface area contributed by atoms with E-state index in [0.717, 1.165) is 0 Å². The Labute approximate surface area is 245 Å². The molecule has 0 saturated carbocycles. The molecule has 0 fully saturated rings. The summed E-state index contributed by atoms with van der Waals surface area (Å²) in [6.45, 7) is -6.82. The molecule has 0 aromatic rings. The Bertz CT molecular complexity index is 1130. The van der Waals surface area contributed by atoms with Gasteiger partial charge in [-0.15, -0.1) is 0 Å². The smallest absolute Gasteiger partial charge is 0.446 e. The van der Waals surface area contributed by atoms with Crippen LogP contribution in [0.2, 0.25) is 0 Å². The molecule has 1 aliphatic heterocycles. The second-order valence-electron chi connectivity index (χ2n) is 6.41. The monoisotopic (exact) mass is 804 g/mol. The zero-order valence-electron chi connectivity index (χ0n) is 21.0. The number of rotatable bonds is 9. The van der Waals surface area contributed by atoms with Crippen molar-refractivity contribution in [3.8, 4) is 0 Å². The number of ether oxygens (including phenoxy) is 5. The van der Waals surface area contributed by atoms with Crippen molar-refractivity contribution in [2.45, 2.75) is 43.3 Å². The third-order valence-electron chi connectivity index (χ3n) is 2.72. The van der Waals surface area contributed by atoms with Gasteiger partial charge in [-0.1, -0.05) is 15.5 Å². The molecule has 1 aliphatic rings. The highest BCUT2D eigenvalue weighted by Gasteiger charge is 2.67. The van der Waals surface area contributed by atoms with E-state index in [1.54, 1.807) is 0 Å². The summed E-state index contributed by atoms with van der Waals surface area (Å²) in [6.07, 6.45) is -30.4. The lowest BCUT2D eigenvalue weighted by atomic mass is 10.3. The molecule has 1 rings (SSSR count). The van der Waals surface area contributed by atoms with E-state index in [9.17, 15) is 94.6 Å². The van der Waals surface area contributed by atoms with Crippen molar-refractivity contribution in [3.05, 3.63) is 24.4 Å². The molecule has 0 radical (unpaired) electrons. The van der Waals surface area contributed by atoms with Gasteiger partial charge >= 0.3 is 75.7 Å². The minimum Gasteiger partial charge on any atom is -0.446 e. The second-order valence-corrected chi connectivity index (χ2v) is 7.92. The zero-order chi connectivity index (χ0) is 39.1. The predicted molar refractivity (Wildman–Crippen MR) is 99.4 cm³/mol. The first-order valence-electron chi connectivity index (χ1n) is 9.32. The van der Waals surface area contributed by atoms with Gasteiger partial charge in [0.25, 0.3) is 0 Å². The van der Waals surface area contributed by atoms with Crippen LogP contribution in [0.3, 0.4) is 0 Å². The largest absolute Gasteiger partial charge is 0.476 e. The topological polar surface area (TPSA) is 114 Å². The van der Waals surface area contributed by atoms with Crippen LogP contribution in [0.1, 0.15) is 6.92 Å². The summed E-state index contributed by atoms with van der Waals surface area (Å²) in [4.78, 5) is 0. The maximum absolute atomic E-state index is 12.4. The molecule has 1 atom stereocenters. The van der Waals surface area contributed by atoms with Gasteiger partial charge in [-0.3, -0.25) is 0 Å². The van der Waals surface area contributed by atoms with Crippen LogP contribution >= 0.6 is 0 Å². The number of hydrogen-bond acceptors (Lipinski definition) is 9. The van der Waals surface area contributed by atoms with Gasteiger partial charge in [-0.2, -0.15) is 82.7 Å². The van der Waals surface area contributed by atoms with E-state index in [1.807, 2.05) is 0 Å². The minimum absolute atomic E-state index is 0.285. The number of halogens is 22. The summed E-state index contributed by atoms with van der Waals surface area (Å²) in [7, 11) is -11.3. The number of alkyl halides is 14. The molecule has 0 N–H and O–H groups in total. The highest BCUT2D eigenvalue weighted by atomic mass is 32.3. The third-order valence-corrected chi connectivity index (χ3v) is 2.72. The summed E-state index contributed by atoms with van der Waals surface area (Å²) >= 11 is 0. The summed E-state index contributed by atoms with van der Waals surface area (Å²) in [5, 5.41) is 0. The van der Waals surface area contributed by atoms with Crippen molar-refractivity contribution in [1.82, 2.24) is 0 Å². The van der Waals surface area contributed by atoms with Crippen LogP contribution in [0.5, 0.6) is 0 Å². The fourth-order valence-electron chi connectivity index (χ4n) is 1.17. The summed E-state index contributed by atoms with van der Waals surface area (Å²) < 4.78 is 299. The molecule has 0 aliphatic carbocycles. The Kier molecular flexibility index (Phi) is 20.9. The second kappa shape index (κ2) is 19.2. The summed E-state index contributed by atoms with van der Waals surface area (Å²) in [5.41, 5.74) is 0. The normalized spacial score (nSPS) is 16.9. The van der Waals surface area contributed by atoms with Crippen LogP contribution in [0, 0.1) is 0 Å². The lowest BCUT2D eigenvalue weighted by Gasteiger charge is -2.29. The van der Waals surface area contributed by atoms with Crippen molar-refractivity contribution >= 4 is 21.2 Å².